The SMILES string of the molecule is COc1ccc(N=C(c2ccccc2)c2ccccc2)cc1N1c2ccccc2C=CC1C.c1ccc2ncccc2c1. The monoisotopic (exact) mass is 559 g/mol. The Hall–Kier alpha value is -5.48. The van der Waals surface area contributed by atoms with Gasteiger partial charge in [-0.05, 0) is 48.9 Å². The Morgan fingerprint density at radius 1 is 0.698 bits per heavy atom. The van der Waals surface area contributed by atoms with Gasteiger partial charge in [-0.25, -0.2) is 4.99 Å². The van der Waals surface area contributed by atoms with Crippen LogP contribution in [0.5, 0.6) is 5.75 Å². The fourth-order valence-electron chi connectivity index (χ4n) is 5.31. The van der Waals surface area contributed by atoms with Crippen LogP contribution in [0, 0.1) is 0 Å². The Balaban J connectivity index is 0.000000277. The first-order valence-electron chi connectivity index (χ1n) is 14.4. The number of hydrogen-bond acceptors (Lipinski definition) is 4. The normalized spacial score (nSPS) is 13.4. The van der Waals surface area contributed by atoms with Gasteiger partial charge in [0.05, 0.1) is 29.7 Å². The zero-order valence-corrected chi connectivity index (χ0v) is 24.3. The van der Waals surface area contributed by atoms with E-state index in [0.717, 1.165) is 39.5 Å². The molecule has 210 valence electrons. The third-order valence-corrected chi connectivity index (χ3v) is 7.43. The smallest absolute Gasteiger partial charge is 0.142 e. The summed E-state index contributed by atoms with van der Waals surface area (Å²) < 4.78 is 5.78. The van der Waals surface area contributed by atoms with Crippen LogP contribution in [0.1, 0.15) is 23.6 Å². The van der Waals surface area contributed by atoms with Crippen LogP contribution in [0.4, 0.5) is 17.1 Å². The molecular formula is C39H33N3O. The summed E-state index contributed by atoms with van der Waals surface area (Å²) >= 11 is 0. The summed E-state index contributed by atoms with van der Waals surface area (Å²) in [5.74, 6) is 0.826. The van der Waals surface area contributed by atoms with Crippen LogP contribution in [-0.2, 0) is 0 Å². The van der Waals surface area contributed by atoms with Crippen molar-refractivity contribution in [2.24, 2.45) is 4.99 Å². The van der Waals surface area contributed by atoms with E-state index in [1.54, 1.807) is 7.11 Å². The first-order valence-corrected chi connectivity index (χ1v) is 14.4. The standard InChI is InChI=1S/C30H26N2O.C9H7N/c1-22-17-18-23-11-9-10-16-27(23)32(22)28-21-26(19-20-29(28)33-2)31-30(24-12-5-3-6-13-24)25-14-7-4-8-15-25;1-2-6-9-8(4-1)5-3-7-10-9/h3-22H,1-2H3;1-7H. The number of benzene rings is 5. The summed E-state index contributed by atoms with van der Waals surface area (Å²) in [6.07, 6.45) is 6.22. The van der Waals surface area contributed by atoms with Crippen LogP contribution in [0.2, 0.25) is 0 Å². The third kappa shape index (κ3) is 6.24. The maximum absolute atomic E-state index is 5.78. The molecule has 1 atom stereocenters. The lowest BCUT2D eigenvalue weighted by molar-refractivity contribution is 0.415. The molecule has 7 rings (SSSR count). The maximum Gasteiger partial charge on any atom is 0.142 e. The molecule has 43 heavy (non-hydrogen) atoms. The molecule has 5 aromatic carbocycles. The summed E-state index contributed by atoms with van der Waals surface area (Å²) in [6, 6.07) is 47.5. The second kappa shape index (κ2) is 13.0. The molecule has 1 aliphatic heterocycles. The molecule has 0 aliphatic carbocycles. The van der Waals surface area contributed by atoms with Gasteiger partial charge in [-0.3, -0.25) is 4.98 Å². The number of rotatable bonds is 5. The Labute approximate surface area is 253 Å². The topological polar surface area (TPSA) is 37.7 Å². The van der Waals surface area contributed by atoms with E-state index in [1.807, 2.05) is 79.0 Å². The minimum absolute atomic E-state index is 0.191. The summed E-state index contributed by atoms with van der Waals surface area (Å²) in [7, 11) is 1.72. The lowest BCUT2D eigenvalue weighted by Gasteiger charge is -2.34. The number of anilines is 2. The molecule has 0 fully saturated rings. The van der Waals surface area contributed by atoms with E-state index in [1.165, 1.54) is 16.6 Å². The minimum Gasteiger partial charge on any atom is -0.495 e. The van der Waals surface area contributed by atoms with E-state index in [9.17, 15) is 0 Å². The van der Waals surface area contributed by atoms with Gasteiger partial charge in [-0.15, -0.1) is 0 Å². The highest BCUT2D eigenvalue weighted by Crippen LogP contribution is 2.42. The second-order valence-corrected chi connectivity index (χ2v) is 10.3. The summed E-state index contributed by atoms with van der Waals surface area (Å²) in [5, 5.41) is 1.20. The van der Waals surface area contributed by atoms with E-state index < -0.39 is 0 Å². The molecule has 2 heterocycles. The van der Waals surface area contributed by atoms with Gasteiger partial charge < -0.3 is 9.64 Å². The number of fused-ring (bicyclic) bond motifs is 2. The van der Waals surface area contributed by atoms with Crippen molar-refractivity contribution in [3.05, 3.63) is 168 Å². The van der Waals surface area contributed by atoms with E-state index >= 15 is 0 Å². The van der Waals surface area contributed by atoms with Gasteiger partial charge >= 0.3 is 0 Å². The van der Waals surface area contributed by atoms with Crippen molar-refractivity contribution in [2.75, 3.05) is 12.0 Å². The van der Waals surface area contributed by atoms with Gasteiger partial charge in [0, 0.05) is 34.4 Å². The zero-order valence-electron chi connectivity index (χ0n) is 24.3. The predicted molar refractivity (Wildman–Crippen MR) is 180 cm³/mol. The number of pyridine rings is 1. The van der Waals surface area contributed by atoms with Crippen molar-refractivity contribution in [1.29, 1.82) is 0 Å². The van der Waals surface area contributed by atoms with Crippen LogP contribution in [0.25, 0.3) is 17.0 Å². The highest BCUT2D eigenvalue weighted by Gasteiger charge is 2.23. The largest absolute Gasteiger partial charge is 0.495 e. The first kappa shape index (κ1) is 27.7. The molecule has 0 saturated heterocycles. The highest BCUT2D eigenvalue weighted by atomic mass is 16.5. The molecule has 0 amide bonds. The van der Waals surface area contributed by atoms with E-state index in [0.29, 0.717) is 0 Å². The summed E-state index contributed by atoms with van der Waals surface area (Å²) in [5.41, 5.74) is 8.42. The lowest BCUT2D eigenvalue weighted by Crippen LogP contribution is -2.29. The van der Waals surface area contributed by atoms with Crippen molar-refractivity contribution in [1.82, 2.24) is 4.98 Å². The van der Waals surface area contributed by atoms with E-state index in [-0.39, 0.29) is 6.04 Å². The summed E-state index contributed by atoms with van der Waals surface area (Å²) in [4.78, 5) is 11.6. The second-order valence-electron chi connectivity index (χ2n) is 10.3. The quantitative estimate of drug-likeness (QED) is 0.197. The molecule has 6 aromatic rings. The number of para-hydroxylation sites is 2. The number of ether oxygens (including phenoxy) is 1. The zero-order chi connectivity index (χ0) is 29.4. The molecule has 0 spiro atoms. The third-order valence-electron chi connectivity index (χ3n) is 7.43. The molecule has 4 heteroatoms. The van der Waals surface area contributed by atoms with Crippen molar-refractivity contribution in [2.45, 2.75) is 13.0 Å². The van der Waals surface area contributed by atoms with Crippen LogP contribution >= 0.6 is 0 Å². The van der Waals surface area contributed by atoms with Gasteiger partial charge in [0.1, 0.15) is 5.75 Å². The van der Waals surface area contributed by atoms with Crippen LogP contribution in [0.3, 0.4) is 0 Å². The van der Waals surface area contributed by atoms with Crippen LogP contribution in [0.15, 0.2) is 157 Å². The Morgan fingerprint density at radius 3 is 2.07 bits per heavy atom. The Kier molecular flexibility index (Phi) is 8.37. The fraction of sp³-hybridized carbons (Fsp3) is 0.0769. The molecule has 1 aromatic heterocycles. The molecule has 0 saturated carbocycles. The molecule has 4 nitrogen and oxygen atoms in total. The van der Waals surface area contributed by atoms with Crippen LogP contribution in [-0.4, -0.2) is 23.8 Å². The number of nitrogens with zero attached hydrogens (tertiary/aromatic N) is 3. The highest BCUT2D eigenvalue weighted by molar-refractivity contribution is 6.14. The number of aromatic nitrogens is 1. The van der Waals surface area contributed by atoms with Crippen molar-refractivity contribution in [3.63, 3.8) is 0 Å². The van der Waals surface area contributed by atoms with E-state index in [2.05, 4.69) is 95.7 Å². The Bertz CT molecular complexity index is 1770. The van der Waals surface area contributed by atoms with Crippen LogP contribution < -0.4 is 9.64 Å². The molecular weight excluding hydrogens is 526 g/mol. The van der Waals surface area contributed by atoms with Crippen molar-refractivity contribution >= 4 is 39.8 Å². The first-order chi connectivity index (χ1) is 21.2. The number of hydrogen-bond donors (Lipinski definition) is 0. The maximum atomic E-state index is 5.78. The molecule has 0 bridgehead atoms. The van der Waals surface area contributed by atoms with Gasteiger partial charge in [0.25, 0.3) is 0 Å². The summed E-state index contributed by atoms with van der Waals surface area (Å²) in [6.45, 7) is 2.20. The average molecular weight is 560 g/mol. The Morgan fingerprint density at radius 2 is 1.35 bits per heavy atom. The van der Waals surface area contributed by atoms with Crippen molar-refractivity contribution in [3.8, 4) is 5.75 Å². The lowest BCUT2D eigenvalue weighted by atomic mass is 10.0. The predicted octanol–water partition coefficient (Wildman–Crippen LogP) is 9.65. The fourth-order valence-corrected chi connectivity index (χ4v) is 5.31. The van der Waals surface area contributed by atoms with E-state index in [4.69, 9.17) is 9.73 Å². The van der Waals surface area contributed by atoms with Gasteiger partial charge in [0.15, 0.2) is 0 Å². The molecule has 1 unspecified atom stereocenters. The minimum atomic E-state index is 0.191. The molecule has 0 radical (unpaired) electrons. The number of aliphatic imine (C=N–C) groups is 1. The molecule has 1 aliphatic rings. The average Bonchev–Trinajstić information content (AvgIpc) is 3.08. The molecule has 0 N–H and O–H groups in total. The van der Waals surface area contributed by atoms with Crippen molar-refractivity contribution < 1.29 is 4.74 Å². The number of methoxy groups -OCH3 is 1. The van der Waals surface area contributed by atoms with Gasteiger partial charge in [-0.2, -0.15) is 0 Å². The van der Waals surface area contributed by atoms with Gasteiger partial charge in [-0.1, -0.05) is 115 Å². The van der Waals surface area contributed by atoms with Gasteiger partial charge in [0.2, 0.25) is 0 Å².